The summed E-state index contributed by atoms with van der Waals surface area (Å²) in [5.41, 5.74) is 0.704. The fraction of sp³-hybridized carbons (Fsp3) is 0.600. The van der Waals surface area contributed by atoms with Gasteiger partial charge < -0.3 is 14.5 Å². The largest absolute Gasteiger partial charge is 0.374 e. The lowest BCUT2D eigenvalue weighted by molar-refractivity contribution is -0.132. The standard InChI is InChI=1S/C20H29N3O3/c1-15(2)21(3)14-19(24)23-12-17-11-22(9-10-26-18(17)13-23)20(25)16-7-5-4-6-8-16/h4-8,15,17-18H,9-14H2,1-3H3/t17-,18+/m0/s1. The van der Waals surface area contributed by atoms with Crippen LogP contribution in [0.25, 0.3) is 0 Å². The number of benzene rings is 1. The Morgan fingerprint density at radius 1 is 1.15 bits per heavy atom. The molecule has 0 radical (unpaired) electrons. The van der Waals surface area contributed by atoms with Crippen LogP contribution in [-0.4, -0.2) is 85.0 Å². The van der Waals surface area contributed by atoms with Gasteiger partial charge in [-0.05, 0) is 33.0 Å². The molecule has 2 aliphatic heterocycles. The lowest BCUT2D eigenvalue weighted by atomic mass is 10.1. The van der Waals surface area contributed by atoms with Crippen LogP contribution in [0.1, 0.15) is 24.2 Å². The Hall–Kier alpha value is -1.92. The second-order valence-corrected chi connectivity index (χ2v) is 7.59. The second-order valence-electron chi connectivity index (χ2n) is 7.59. The summed E-state index contributed by atoms with van der Waals surface area (Å²) in [6.45, 7) is 7.63. The number of hydrogen-bond donors (Lipinski definition) is 0. The quantitative estimate of drug-likeness (QED) is 0.814. The first-order chi connectivity index (χ1) is 12.5. The van der Waals surface area contributed by atoms with E-state index in [0.29, 0.717) is 50.9 Å². The molecule has 0 aromatic heterocycles. The van der Waals surface area contributed by atoms with Crippen LogP contribution in [0.3, 0.4) is 0 Å². The van der Waals surface area contributed by atoms with Gasteiger partial charge in [0.05, 0.1) is 19.3 Å². The minimum absolute atomic E-state index is 0.0249. The molecule has 2 amide bonds. The van der Waals surface area contributed by atoms with E-state index < -0.39 is 0 Å². The van der Waals surface area contributed by atoms with Crippen molar-refractivity contribution in [2.45, 2.75) is 26.0 Å². The molecule has 6 nitrogen and oxygen atoms in total. The van der Waals surface area contributed by atoms with Crippen LogP contribution in [0.2, 0.25) is 0 Å². The van der Waals surface area contributed by atoms with E-state index in [-0.39, 0.29) is 23.8 Å². The summed E-state index contributed by atoms with van der Waals surface area (Å²) >= 11 is 0. The minimum Gasteiger partial charge on any atom is -0.374 e. The van der Waals surface area contributed by atoms with E-state index in [9.17, 15) is 9.59 Å². The van der Waals surface area contributed by atoms with Gasteiger partial charge in [0.25, 0.3) is 5.91 Å². The van der Waals surface area contributed by atoms with Gasteiger partial charge in [-0.15, -0.1) is 0 Å². The molecule has 1 aromatic rings. The number of hydrogen-bond acceptors (Lipinski definition) is 4. The first kappa shape index (κ1) is 18.9. The van der Waals surface area contributed by atoms with Gasteiger partial charge in [-0.1, -0.05) is 18.2 Å². The fourth-order valence-electron chi connectivity index (χ4n) is 3.54. The first-order valence-corrected chi connectivity index (χ1v) is 9.39. The van der Waals surface area contributed by atoms with Crippen molar-refractivity contribution in [2.24, 2.45) is 5.92 Å². The number of amides is 2. The highest BCUT2D eigenvalue weighted by Crippen LogP contribution is 2.24. The van der Waals surface area contributed by atoms with Crippen LogP contribution < -0.4 is 0 Å². The van der Waals surface area contributed by atoms with E-state index in [1.807, 2.05) is 52.1 Å². The van der Waals surface area contributed by atoms with Crippen LogP contribution in [-0.2, 0) is 9.53 Å². The number of fused-ring (bicyclic) bond motifs is 1. The monoisotopic (exact) mass is 359 g/mol. The van der Waals surface area contributed by atoms with Crippen LogP contribution in [0.4, 0.5) is 0 Å². The van der Waals surface area contributed by atoms with Gasteiger partial charge in [0.1, 0.15) is 0 Å². The molecule has 0 aliphatic carbocycles. The Morgan fingerprint density at radius 3 is 2.54 bits per heavy atom. The Morgan fingerprint density at radius 2 is 1.85 bits per heavy atom. The lowest BCUT2D eigenvalue weighted by Crippen LogP contribution is -2.41. The predicted octanol–water partition coefficient (Wildman–Crippen LogP) is 1.33. The molecular weight excluding hydrogens is 330 g/mol. The molecule has 142 valence electrons. The minimum atomic E-state index is 0.0249. The Bertz CT molecular complexity index is 634. The van der Waals surface area contributed by atoms with Gasteiger partial charge in [0.2, 0.25) is 5.91 Å². The molecule has 2 fully saturated rings. The molecular formula is C20H29N3O3. The summed E-state index contributed by atoms with van der Waals surface area (Å²) in [6.07, 6.45) is 0.0249. The Labute approximate surface area is 155 Å². The molecule has 3 rings (SSSR count). The lowest BCUT2D eigenvalue weighted by Gasteiger charge is -2.25. The SMILES string of the molecule is CC(C)N(C)CC(=O)N1C[C@@H]2CN(C(=O)c3ccccc3)CCO[C@@H]2C1. The molecule has 2 heterocycles. The van der Waals surface area contributed by atoms with Gasteiger partial charge in [-0.2, -0.15) is 0 Å². The highest BCUT2D eigenvalue weighted by Gasteiger charge is 2.39. The molecule has 1 aromatic carbocycles. The van der Waals surface area contributed by atoms with Crippen molar-refractivity contribution in [3.05, 3.63) is 35.9 Å². The third-order valence-corrected chi connectivity index (χ3v) is 5.46. The maximum atomic E-state index is 12.8. The van der Waals surface area contributed by atoms with E-state index in [1.165, 1.54) is 0 Å². The average molecular weight is 359 g/mol. The van der Waals surface area contributed by atoms with Gasteiger partial charge in [0, 0.05) is 43.7 Å². The molecule has 0 N–H and O–H groups in total. The van der Waals surface area contributed by atoms with Crippen molar-refractivity contribution in [3.63, 3.8) is 0 Å². The maximum Gasteiger partial charge on any atom is 0.253 e. The van der Waals surface area contributed by atoms with Gasteiger partial charge in [0.15, 0.2) is 0 Å². The van der Waals surface area contributed by atoms with E-state index in [0.717, 1.165) is 0 Å². The molecule has 6 heteroatoms. The summed E-state index contributed by atoms with van der Waals surface area (Å²) < 4.78 is 5.97. The van der Waals surface area contributed by atoms with E-state index in [4.69, 9.17) is 4.74 Å². The molecule has 0 unspecified atom stereocenters. The van der Waals surface area contributed by atoms with Crippen molar-refractivity contribution in [3.8, 4) is 0 Å². The van der Waals surface area contributed by atoms with E-state index in [1.54, 1.807) is 0 Å². The molecule has 2 atom stereocenters. The van der Waals surface area contributed by atoms with E-state index >= 15 is 0 Å². The number of likely N-dealkylation sites (N-methyl/N-ethyl adjacent to an activating group) is 1. The van der Waals surface area contributed by atoms with Crippen molar-refractivity contribution < 1.29 is 14.3 Å². The zero-order valence-corrected chi connectivity index (χ0v) is 15.9. The summed E-state index contributed by atoms with van der Waals surface area (Å²) in [5, 5.41) is 0. The second kappa shape index (κ2) is 8.18. The molecule has 0 bridgehead atoms. The molecule has 2 aliphatic rings. The number of nitrogens with zero attached hydrogens (tertiary/aromatic N) is 3. The summed E-state index contributed by atoms with van der Waals surface area (Å²) in [7, 11) is 1.97. The Balaban J connectivity index is 1.62. The number of carbonyl (C=O) groups is 2. The predicted molar refractivity (Wildman–Crippen MR) is 99.9 cm³/mol. The van der Waals surface area contributed by atoms with Crippen molar-refractivity contribution in [1.29, 1.82) is 0 Å². The van der Waals surface area contributed by atoms with E-state index in [2.05, 4.69) is 13.8 Å². The zero-order chi connectivity index (χ0) is 18.7. The van der Waals surface area contributed by atoms with Crippen LogP contribution in [0.5, 0.6) is 0 Å². The van der Waals surface area contributed by atoms with Crippen LogP contribution in [0, 0.1) is 5.92 Å². The summed E-state index contributed by atoms with van der Waals surface area (Å²) in [4.78, 5) is 31.1. The molecule has 0 spiro atoms. The average Bonchev–Trinajstić information content (AvgIpc) is 2.93. The third-order valence-electron chi connectivity index (χ3n) is 5.46. The molecule has 0 saturated carbocycles. The highest BCUT2D eigenvalue weighted by molar-refractivity contribution is 5.94. The normalized spacial score (nSPS) is 23.3. The number of carbonyl (C=O) groups excluding carboxylic acids is 2. The highest BCUT2D eigenvalue weighted by atomic mass is 16.5. The summed E-state index contributed by atoms with van der Waals surface area (Å²) in [5.74, 6) is 0.358. The number of rotatable bonds is 4. The van der Waals surface area contributed by atoms with Crippen molar-refractivity contribution in [2.75, 3.05) is 46.4 Å². The summed E-state index contributed by atoms with van der Waals surface area (Å²) in [6, 6.07) is 9.70. The number of ether oxygens (including phenoxy) is 1. The van der Waals surface area contributed by atoms with Gasteiger partial charge in [-0.3, -0.25) is 14.5 Å². The first-order valence-electron chi connectivity index (χ1n) is 9.39. The third kappa shape index (κ3) is 4.24. The fourth-order valence-corrected chi connectivity index (χ4v) is 3.54. The topological polar surface area (TPSA) is 53.1 Å². The van der Waals surface area contributed by atoms with Crippen LogP contribution in [0.15, 0.2) is 30.3 Å². The van der Waals surface area contributed by atoms with Gasteiger partial charge >= 0.3 is 0 Å². The number of likely N-dealkylation sites (tertiary alicyclic amines) is 1. The van der Waals surface area contributed by atoms with Crippen molar-refractivity contribution >= 4 is 11.8 Å². The molecule has 26 heavy (non-hydrogen) atoms. The zero-order valence-electron chi connectivity index (χ0n) is 15.9. The smallest absolute Gasteiger partial charge is 0.253 e. The van der Waals surface area contributed by atoms with Gasteiger partial charge in [-0.25, -0.2) is 0 Å². The van der Waals surface area contributed by atoms with Crippen molar-refractivity contribution in [1.82, 2.24) is 14.7 Å². The maximum absolute atomic E-state index is 12.8. The Kier molecular flexibility index (Phi) is 5.94. The van der Waals surface area contributed by atoms with Crippen LogP contribution >= 0.6 is 0 Å². The molecule has 2 saturated heterocycles.